The Hall–Kier alpha value is -5.70. The van der Waals surface area contributed by atoms with Gasteiger partial charge in [0.05, 0.1) is 64.0 Å². The number of hydrogen-bond acceptors (Lipinski definition) is 9. The van der Waals surface area contributed by atoms with Gasteiger partial charge < -0.3 is 42.6 Å². The van der Waals surface area contributed by atoms with Gasteiger partial charge in [0.25, 0.3) is 0 Å². The minimum atomic E-state index is 0.537. The molecule has 0 aliphatic heterocycles. The maximum absolute atomic E-state index is 5.54. The normalized spacial score (nSPS) is 11.2. The first-order chi connectivity index (χ1) is 23.3. The molecule has 4 aromatic carbocycles. The summed E-state index contributed by atoms with van der Waals surface area (Å²) < 4.78 is 49.7. The molecule has 48 heavy (non-hydrogen) atoms. The largest absolute Gasteiger partial charge is 0.493 e. The minimum absolute atomic E-state index is 0.537. The summed E-state index contributed by atoms with van der Waals surface area (Å²) in [6, 6.07) is 17.7. The Bertz CT molecular complexity index is 1510. The number of benzene rings is 4. The van der Waals surface area contributed by atoms with Gasteiger partial charge in [-0.05, 0) is 88.0 Å². The van der Waals surface area contributed by atoms with E-state index in [1.807, 2.05) is 72.9 Å². The van der Waals surface area contributed by atoms with Gasteiger partial charge in [-0.1, -0.05) is 36.5 Å². The average Bonchev–Trinajstić information content (AvgIpc) is 3.13. The van der Waals surface area contributed by atoms with Crippen LogP contribution in [0.5, 0.6) is 51.7 Å². The van der Waals surface area contributed by atoms with Crippen molar-refractivity contribution in [3.8, 4) is 51.7 Å². The molecule has 0 aliphatic carbocycles. The smallest absolute Gasteiger partial charge is 0.203 e. The van der Waals surface area contributed by atoms with Gasteiger partial charge in [0.1, 0.15) is 0 Å². The van der Waals surface area contributed by atoms with Crippen LogP contribution in [0.1, 0.15) is 33.4 Å². The van der Waals surface area contributed by atoms with Crippen molar-refractivity contribution in [1.29, 1.82) is 0 Å². The second kappa shape index (κ2) is 16.7. The van der Waals surface area contributed by atoms with Crippen molar-refractivity contribution < 1.29 is 42.6 Å². The summed E-state index contributed by atoms with van der Waals surface area (Å²) in [5.74, 6) is 5.07. The molecule has 0 saturated heterocycles. The quantitative estimate of drug-likeness (QED) is 0.118. The summed E-state index contributed by atoms with van der Waals surface area (Å²) in [7, 11) is 14.3. The highest BCUT2D eigenvalue weighted by Crippen LogP contribution is 2.41. The Kier molecular flexibility index (Phi) is 12.3. The van der Waals surface area contributed by atoms with Gasteiger partial charge >= 0.3 is 0 Å². The summed E-state index contributed by atoms with van der Waals surface area (Å²) in [4.78, 5) is 0. The van der Waals surface area contributed by atoms with Crippen molar-refractivity contribution in [1.82, 2.24) is 0 Å². The molecule has 0 heterocycles. The maximum Gasteiger partial charge on any atom is 0.203 e. The van der Waals surface area contributed by atoms with Gasteiger partial charge in [0, 0.05) is 0 Å². The van der Waals surface area contributed by atoms with Gasteiger partial charge in [-0.15, -0.1) is 0 Å². The second-order valence-corrected chi connectivity index (χ2v) is 10.3. The van der Waals surface area contributed by atoms with Crippen molar-refractivity contribution in [3.63, 3.8) is 0 Å². The van der Waals surface area contributed by atoms with Gasteiger partial charge in [0.15, 0.2) is 34.5 Å². The fraction of sp³-hybridized carbons (Fsp3) is 0.231. The second-order valence-electron chi connectivity index (χ2n) is 10.3. The lowest BCUT2D eigenvalue weighted by molar-refractivity contribution is 0.324. The van der Waals surface area contributed by atoms with Crippen LogP contribution in [-0.4, -0.2) is 64.0 Å². The van der Waals surface area contributed by atoms with Gasteiger partial charge in [-0.25, -0.2) is 0 Å². The molecule has 9 heteroatoms. The highest BCUT2D eigenvalue weighted by Gasteiger charge is 2.14. The number of rotatable bonds is 15. The van der Waals surface area contributed by atoms with E-state index in [1.165, 1.54) is 0 Å². The molecular weight excluding hydrogens is 612 g/mol. The Morgan fingerprint density at radius 1 is 0.250 bits per heavy atom. The number of methoxy groups -OCH3 is 9. The van der Waals surface area contributed by atoms with Crippen LogP contribution in [0, 0.1) is 0 Å². The van der Waals surface area contributed by atoms with Crippen molar-refractivity contribution in [2.75, 3.05) is 64.0 Å². The Morgan fingerprint density at radius 3 is 0.562 bits per heavy atom. The molecule has 0 radical (unpaired) electrons. The van der Waals surface area contributed by atoms with Crippen LogP contribution in [0.25, 0.3) is 36.5 Å². The summed E-state index contributed by atoms with van der Waals surface area (Å²) in [6.45, 7) is 0. The predicted octanol–water partition coefficient (Wildman–Crippen LogP) is 8.28. The van der Waals surface area contributed by atoms with E-state index < -0.39 is 0 Å². The Balaban J connectivity index is 1.78. The molecule has 0 aromatic heterocycles. The molecule has 0 saturated carbocycles. The lowest BCUT2D eigenvalue weighted by atomic mass is 10.0. The van der Waals surface area contributed by atoms with Crippen LogP contribution in [0.2, 0.25) is 0 Å². The third-order valence-electron chi connectivity index (χ3n) is 7.47. The minimum Gasteiger partial charge on any atom is -0.493 e. The molecule has 0 amide bonds. The van der Waals surface area contributed by atoms with E-state index in [9.17, 15) is 0 Å². The molecule has 4 rings (SSSR count). The van der Waals surface area contributed by atoms with Gasteiger partial charge in [-0.2, -0.15) is 0 Å². The average molecular weight is 655 g/mol. The van der Waals surface area contributed by atoms with Gasteiger partial charge in [-0.3, -0.25) is 0 Å². The molecule has 0 fully saturated rings. The van der Waals surface area contributed by atoms with Crippen molar-refractivity contribution >= 4 is 36.5 Å². The third kappa shape index (κ3) is 8.17. The topological polar surface area (TPSA) is 83.1 Å². The molecule has 4 aromatic rings. The van der Waals surface area contributed by atoms with E-state index in [4.69, 9.17) is 42.6 Å². The molecular formula is C39H42O9. The molecule has 9 nitrogen and oxygen atoms in total. The molecule has 0 spiro atoms. The van der Waals surface area contributed by atoms with E-state index >= 15 is 0 Å². The summed E-state index contributed by atoms with van der Waals surface area (Å²) in [5.41, 5.74) is 5.58. The first-order valence-corrected chi connectivity index (χ1v) is 14.9. The van der Waals surface area contributed by atoms with Crippen LogP contribution in [-0.2, 0) is 0 Å². The Morgan fingerprint density at radius 2 is 0.417 bits per heavy atom. The number of ether oxygens (including phenoxy) is 9. The highest BCUT2D eigenvalue weighted by molar-refractivity contribution is 5.80. The molecule has 0 N–H and O–H groups in total. The van der Waals surface area contributed by atoms with Crippen molar-refractivity contribution in [2.24, 2.45) is 0 Å². The molecule has 0 unspecified atom stereocenters. The lowest BCUT2D eigenvalue weighted by Gasteiger charge is -2.13. The van der Waals surface area contributed by atoms with Crippen LogP contribution in [0.15, 0.2) is 54.6 Å². The first kappa shape index (κ1) is 35.2. The predicted molar refractivity (Wildman–Crippen MR) is 192 cm³/mol. The van der Waals surface area contributed by atoms with E-state index in [0.717, 1.165) is 33.4 Å². The fourth-order valence-corrected chi connectivity index (χ4v) is 5.16. The Labute approximate surface area is 282 Å². The summed E-state index contributed by atoms with van der Waals surface area (Å²) in [5, 5.41) is 0. The van der Waals surface area contributed by atoms with Gasteiger partial charge in [0.2, 0.25) is 17.2 Å². The third-order valence-corrected chi connectivity index (χ3v) is 7.47. The van der Waals surface area contributed by atoms with E-state index in [0.29, 0.717) is 51.7 Å². The summed E-state index contributed by atoms with van der Waals surface area (Å²) >= 11 is 0. The highest BCUT2D eigenvalue weighted by atomic mass is 16.5. The molecule has 252 valence electrons. The lowest BCUT2D eigenvalue weighted by Crippen LogP contribution is -1.95. The first-order valence-electron chi connectivity index (χ1n) is 14.9. The summed E-state index contributed by atoms with van der Waals surface area (Å²) in [6.07, 6.45) is 12.1. The monoisotopic (exact) mass is 654 g/mol. The molecule has 0 aliphatic rings. The fourth-order valence-electron chi connectivity index (χ4n) is 5.16. The van der Waals surface area contributed by atoms with Crippen LogP contribution >= 0.6 is 0 Å². The zero-order valence-electron chi connectivity index (χ0n) is 28.8. The maximum atomic E-state index is 5.54. The van der Waals surface area contributed by atoms with Crippen molar-refractivity contribution in [3.05, 3.63) is 88.0 Å². The van der Waals surface area contributed by atoms with Crippen LogP contribution in [0.3, 0.4) is 0 Å². The van der Waals surface area contributed by atoms with Crippen LogP contribution in [0.4, 0.5) is 0 Å². The van der Waals surface area contributed by atoms with E-state index in [-0.39, 0.29) is 0 Å². The van der Waals surface area contributed by atoms with E-state index in [2.05, 4.69) is 18.2 Å². The standard InChI is InChI=1S/C39H42O9/c1-40-31-19-28(20-32(41-2)37(31)46-7)13-10-25-16-26(11-14-29-21-33(42-3)38(47-8)34(22-29)43-4)18-27(17-25)12-15-30-23-35(44-5)39(48-9)36(24-30)45-6/h10-24H,1-9H3/b13-10+,14-11+,15-12+. The van der Waals surface area contributed by atoms with Crippen LogP contribution < -0.4 is 42.6 Å². The SMILES string of the molecule is COc1cc(/C=C/c2cc(/C=C/c3cc(OC)c(OC)c(OC)c3)cc(/C=C/c3cc(OC)c(OC)c(OC)c3)c2)cc(OC)c1OC. The van der Waals surface area contributed by atoms with Crippen molar-refractivity contribution in [2.45, 2.75) is 0 Å². The zero-order valence-corrected chi connectivity index (χ0v) is 28.8. The zero-order chi connectivity index (χ0) is 34.6. The van der Waals surface area contributed by atoms with E-state index in [1.54, 1.807) is 64.0 Å². The molecule has 0 atom stereocenters. The molecule has 0 bridgehead atoms. The number of hydrogen-bond donors (Lipinski definition) is 0.